The van der Waals surface area contributed by atoms with Gasteiger partial charge in [0.15, 0.2) is 0 Å². The van der Waals surface area contributed by atoms with Crippen LogP contribution in [0.2, 0.25) is 0 Å². The number of amides is 3. The minimum absolute atomic E-state index is 0.0776. The van der Waals surface area contributed by atoms with E-state index in [1.165, 1.54) is 0 Å². The highest BCUT2D eigenvalue weighted by molar-refractivity contribution is 5.89. The third kappa shape index (κ3) is 5.87. The van der Waals surface area contributed by atoms with E-state index in [1.54, 1.807) is 50.5 Å². The summed E-state index contributed by atoms with van der Waals surface area (Å²) in [5.74, 6) is 1.76. The van der Waals surface area contributed by atoms with Gasteiger partial charge in [0.05, 0.1) is 21.3 Å². The number of hydrogen-bond donors (Lipinski definition) is 2. The van der Waals surface area contributed by atoms with Crippen molar-refractivity contribution in [1.82, 2.24) is 9.80 Å². The van der Waals surface area contributed by atoms with Crippen molar-refractivity contribution in [3.8, 4) is 17.2 Å². The Bertz CT molecular complexity index is 966. The van der Waals surface area contributed by atoms with Crippen molar-refractivity contribution in [1.29, 1.82) is 0 Å². The SMILES string of the molecule is COc1ccc(NC(=O)N2CCN(C(C)c3cc(OC)ccc3OC)C(CC(N)=O)C2)cc1. The van der Waals surface area contributed by atoms with Crippen LogP contribution in [0.15, 0.2) is 42.5 Å². The number of ether oxygens (including phenoxy) is 3. The average Bonchev–Trinajstić information content (AvgIpc) is 2.83. The number of primary amides is 1. The lowest BCUT2D eigenvalue weighted by Gasteiger charge is -2.44. The second-order valence-electron chi connectivity index (χ2n) is 7.95. The van der Waals surface area contributed by atoms with E-state index in [2.05, 4.69) is 17.1 Å². The Kier molecular flexibility index (Phi) is 8.00. The predicted molar refractivity (Wildman–Crippen MR) is 126 cm³/mol. The van der Waals surface area contributed by atoms with Gasteiger partial charge in [-0.05, 0) is 49.4 Å². The highest BCUT2D eigenvalue weighted by atomic mass is 16.5. The van der Waals surface area contributed by atoms with Gasteiger partial charge in [0.25, 0.3) is 0 Å². The summed E-state index contributed by atoms with van der Waals surface area (Å²) in [6, 6.07) is 12.3. The van der Waals surface area contributed by atoms with Gasteiger partial charge in [0.1, 0.15) is 17.2 Å². The molecule has 0 spiro atoms. The molecule has 0 bridgehead atoms. The molecule has 1 aliphatic heterocycles. The summed E-state index contributed by atoms with van der Waals surface area (Å²) in [5.41, 5.74) is 7.17. The molecule has 2 aromatic rings. The molecule has 0 radical (unpaired) electrons. The maximum atomic E-state index is 12.9. The second-order valence-corrected chi connectivity index (χ2v) is 7.95. The molecular formula is C24H32N4O5. The zero-order valence-corrected chi connectivity index (χ0v) is 19.5. The Balaban J connectivity index is 1.76. The first-order valence-electron chi connectivity index (χ1n) is 10.8. The average molecular weight is 457 g/mol. The summed E-state index contributed by atoms with van der Waals surface area (Å²) in [6.07, 6.45) is 0.142. The number of piperazine rings is 1. The fraction of sp³-hybridized carbons (Fsp3) is 0.417. The monoisotopic (exact) mass is 456 g/mol. The van der Waals surface area contributed by atoms with E-state index < -0.39 is 5.91 Å². The largest absolute Gasteiger partial charge is 0.497 e. The van der Waals surface area contributed by atoms with E-state index in [9.17, 15) is 9.59 Å². The molecule has 2 aromatic carbocycles. The van der Waals surface area contributed by atoms with Gasteiger partial charge in [0, 0.05) is 49.4 Å². The van der Waals surface area contributed by atoms with Crippen LogP contribution in [-0.2, 0) is 4.79 Å². The van der Waals surface area contributed by atoms with E-state index in [1.807, 2.05) is 18.2 Å². The molecule has 0 saturated carbocycles. The maximum absolute atomic E-state index is 12.9. The summed E-state index contributed by atoms with van der Waals surface area (Å²) in [7, 11) is 4.83. The molecule has 33 heavy (non-hydrogen) atoms. The Morgan fingerprint density at radius 1 is 1.03 bits per heavy atom. The lowest BCUT2D eigenvalue weighted by Crippen LogP contribution is -2.57. The Labute approximate surface area is 194 Å². The molecule has 9 heteroatoms. The van der Waals surface area contributed by atoms with Gasteiger partial charge in [-0.15, -0.1) is 0 Å². The molecule has 3 rings (SSSR count). The molecule has 0 aromatic heterocycles. The summed E-state index contributed by atoms with van der Waals surface area (Å²) in [6.45, 7) is 3.52. The number of nitrogens with two attached hydrogens (primary N) is 1. The van der Waals surface area contributed by atoms with Crippen LogP contribution in [0.4, 0.5) is 10.5 Å². The van der Waals surface area contributed by atoms with Crippen molar-refractivity contribution in [2.24, 2.45) is 5.73 Å². The molecule has 3 N–H and O–H groups in total. The lowest BCUT2D eigenvalue weighted by atomic mass is 9.99. The van der Waals surface area contributed by atoms with Crippen LogP contribution in [-0.4, -0.2) is 68.7 Å². The van der Waals surface area contributed by atoms with Crippen LogP contribution >= 0.6 is 0 Å². The molecule has 178 valence electrons. The molecule has 1 heterocycles. The minimum Gasteiger partial charge on any atom is -0.497 e. The van der Waals surface area contributed by atoms with Gasteiger partial charge in [-0.3, -0.25) is 9.69 Å². The first-order chi connectivity index (χ1) is 15.9. The molecule has 1 fully saturated rings. The third-order valence-electron chi connectivity index (χ3n) is 5.98. The van der Waals surface area contributed by atoms with Crippen molar-refractivity contribution < 1.29 is 23.8 Å². The quantitative estimate of drug-likeness (QED) is 0.633. The van der Waals surface area contributed by atoms with Crippen LogP contribution in [0.5, 0.6) is 17.2 Å². The number of urea groups is 1. The third-order valence-corrected chi connectivity index (χ3v) is 5.98. The number of hydrogen-bond acceptors (Lipinski definition) is 6. The Morgan fingerprint density at radius 3 is 2.30 bits per heavy atom. The first-order valence-corrected chi connectivity index (χ1v) is 10.8. The van der Waals surface area contributed by atoms with Gasteiger partial charge in [-0.1, -0.05) is 0 Å². The maximum Gasteiger partial charge on any atom is 0.321 e. The fourth-order valence-corrected chi connectivity index (χ4v) is 4.20. The van der Waals surface area contributed by atoms with Gasteiger partial charge in [-0.25, -0.2) is 4.79 Å². The van der Waals surface area contributed by atoms with Crippen LogP contribution in [0.25, 0.3) is 0 Å². The zero-order valence-electron chi connectivity index (χ0n) is 19.5. The fourth-order valence-electron chi connectivity index (χ4n) is 4.20. The van der Waals surface area contributed by atoms with Crippen molar-refractivity contribution in [3.63, 3.8) is 0 Å². The topological polar surface area (TPSA) is 106 Å². The number of benzene rings is 2. The summed E-state index contributed by atoms with van der Waals surface area (Å²) >= 11 is 0. The molecule has 0 aliphatic carbocycles. The normalized spacial score (nSPS) is 17.2. The predicted octanol–water partition coefficient (Wildman–Crippen LogP) is 2.87. The zero-order chi connectivity index (χ0) is 24.0. The number of nitrogens with zero attached hydrogens (tertiary/aromatic N) is 2. The standard InChI is InChI=1S/C24H32N4O5/c1-16(21-14-20(32-3)9-10-22(21)33-4)28-12-11-27(15-18(28)13-23(25)29)24(30)26-17-5-7-19(31-2)8-6-17/h5-10,14,16,18H,11-13,15H2,1-4H3,(H2,25,29)(H,26,30). The number of methoxy groups -OCH3 is 3. The number of carbonyl (C=O) groups excluding carboxylic acids is 2. The van der Waals surface area contributed by atoms with E-state index in [4.69, 9.17) is 19.9 Å². The molecule has 1 aliphatic rings. The smallest absolute Gasteiger partial charge is 0.321 e. The van der Waals surface area contributed by atoms with Crippen molar-refractivity contribution in [2.45, 2.75) is 25.4 Å². The van der Waals surface area contributed by atoms with E-state index in [0.29, 0.717) is 31.1 Å². The van der Waals surface area contributed by atoms with Crippen LogP contribution in [0.3, 0.4) is 0 Å². The summed E-state index contributed by atoms with van der Waals surface area (Å²) in [4.78, 5) is 28.6. The molecular weight excluding hydrogens is 424 g/mol. The summed E-state index contributed by atoms with van der Waals surface area (Å²) in [5, 5.41) is 2.91. The lowest BCUT2D eigenvalue weighted by molar-refractivity contribution is -0.120. The highest BCUT2D eigenvalue weighted by Crippen LogP contribution is 2.35. The number of anilines is 1. The first kappa shape index (κ1) is 24.2. The molecule has 1 saturated heterocycles. The van der Waals surface area contributed by atoms with Gasteiger partial charge >= 0.3 is 6.03 Å². The molecule has 3 amide bonds. The Hall–Kier alpha value is -3.46. The van der Waals surface area contributed by atoms with Crippen molar-refractivity contribution >= 4 is 17.6 Å². The van der Waals surface area contributed by atoms with Gasteiger partial charge < -0.3 is 30.2 Å². The van der Waals surface area contributed by atoms with Crippen molar-refractivity contribution in [2.75, 3.05) is 46.3 Å². The van der Waals surface area contributed by atoms with Crippen LogP contribution in [0, 0.1) is 0 Å². The number of nitrogens with one attached hydrogen (secondary N) is 1. The molecule has 9 nitrogen and oxygen atoms in total. The molecule has 2 atom stereocenters. The highest BCUT2D eigenvalue weighted by Gasteiger charge is 2.34. The Morgan fingerprint density at radius 2 is 1.70 bits per heavy atom. The van der Waals surface area contributed by atoms with E-state index in [-0.39, 0.29) is 24.5 Å². The van der Waals surface area contributed by atoms with E-state index in [0.717, 1.165) is 17.1 Å². The van der Waals surface area contributed by atoms with Crippen molar-refractivity contribution in [3.05, 3.63) is 48.0 Å². The minimum atomic E-state index is -0.410. The van der Waals surface area contributed by atoms with Crippen LogP contribution < -0.4 is 25.3 Å². The molecule has 2 unspecified atom stereocenters. The second kappa shape index (κ2) is 10.9. The van der Waals surface area contributed by atoms with E-state index >= 15 is 0 Å². The van der Waals surface area contributed by atoms with Gasteiger partial charge in [0.2, 0.25) is 5.91 Å². The number of rotatable bonds is 8. The van der Waals surface area contributed by atoms with Crippen LogP contribution in [0.1, 0.15) is 24.9 Å². The number of carbonyl (C=O) groups is 2. The summed E-state index contributed by atoms with van der Waals surface area (Å²) < 4.78 is 16.1. The van der Waals surface area contributed by atoms with Gasteiger partial charge in [-0.2, -0.15) is 0 Å².